The lowest BCUT2D eigenvalue weighted by molar-refractivity contribution is 0.521. The van der Waals surface area contributed by atoms with Gasteiger partial charge in [-0.05, 0) is 94.2 Å². The third kappa shape index (κ3) is 5.67. The van der Waals surface area contributed by atoms with Gasteiger partial charge in [-0.15, -0.1) is 0 Å². The number of allylic oxidation sites excluding steroid dienone is 1. The zero-order valence-electron chi connectivity index (χ0n) is 18.0. The van der Waals surface area contributed by atoms with Crippen LogP contribution in [0.25, 0.3) is 0 Å². The molecule has 0 amide bonds. The van der Waals surface area contributed by atoms with Crippen molar-refractivity contribution in [3.63, 3.8) is 0 Å². The van der Waals surface area contributed by atoms with E-state index in [-0.39, 0.29) is 5.54 Å². The van der Waals surface area contributed by atoms with Crippen LogP contribution in [-0.4, -0.2) is 11.3 Å². The van der Waals surface area contributed by atoms with Gasteiger partial charge in [-0.1, -0.05) is 43.9 Å². The second-order valence-corrected chi connectivity index (χ2v) is 9.16. The van der Waals surface area contributed by atoms with Gasteiger partial charge in [0.05, 0.1) is 0 Å². The molecule has 1 atom stereocenters. The first kappa shape index (κ1) is 21.0. The van der Waals surface area contributed by atoms with Gasteiger partial charge in [0, 0.05) is 22.9 Å². The Labute approximate surface area is 172 Å². The highest BCUT2D eigenvalue weighted by atomic mass is 14.8. The summed E-state index contributed by atoms with van der Waals surface area (Å²) in [7, 11) is 0. The average Bonchev–Trinajstić information content (AvgIpc) is 3.52. The van der Waals surface area contributed by atoms with Crippen LogP contribution in [-0.2, 0) is 19.3 Å². The van der Waals surface area contributed by atoms with E-state index < -0.39 is 0 Å². The Morgan fingerprint density at radius 3 is 2.54 bits per heavy atom. The van der Waals surface area contributed by atoms with Gasteiger partial charge in [-0.3, -0.25) is 4.99 Å². The normalized spacial score (nSPS) is 19.0. The minimum atomic E-state index is -0.357. The number of fused-ring (bicyclic) bond motifs is 1. The van der Waals surface area contributed by atoms with Crippen molar-refractivity contribution in [2.75, 3.05) is 0 Å². The average molecular weight is 379 g/mol. The maximum atomic E-state index is 6.70. The third-order valence-electron chi connectivity index (χ3n) is 6.49. The first-order chi connectivity index (χ1) is 13.4. The fourth-order valence-electron chi connectivity index (χ4n) is 4.26. The summed E-state index contributed by atoms with van der Waals surface area (Å²) in [5.74, 6) is 0.653. The smallest absolute Gasteiger partial charge is 0.0378 e. The van der Waals surface area contributed by atoms with Crippen LogP contribution in [0.5, 0.6) is 0 Å². The Balaban J connectivity index is 1.51. The van der Waals surface area contributed by atoms with Gasteiger partial charge in [-0.25, -0.2) is 0 Å². The summed E-state index contributed by atoms with van der Waals surface area (Å²) < 4.78 is 0. The lowest BCUT2D eigenvalue weighted by Gasteiger charge is -2.28. The van der Waals surface area contributed by atoms with Crippen molar-refractivity contribution in [2.45, 2.75) is 90.0 Å². The maximum absolute atomic E-state index is 6.70. The minimum absolute atomic E-state index is 0.357. The second kappa shape index (κ2) is 9.22. The molecule has 3 rings (SSSR count). The van der Waals surface area contributed by atoms with Crippen LogP contribution in [0.1, 0.15) is 81.9 Å². The molecular formula is C26H38N2. The maximum Gasteiger partial charge on any atom is 0.0378 e. The van der Waals surface area contributed by atoms with E-state index in [0.717, 1.165) is 43.4 Å². The molecule has 152 valence electrons. The fourth-order valence-corrected chi connectivity index (χ4v) is 4.26. The summed E-state index contributed by atoms with van der Waals surface area (Å²) in [4.78, 5) is 4.79. The van der Waals surface area contributed by atoms with Gasteiger partial charge in [0.25, 0.3) is 0 Å². The van der Waals surface area contributed by atoms with E-state index in [9.17, 15) is 0 Å². The highest BCUT2D eigenvalue weighted by molar-refractivity contribution is 5.85. The predicted octanol–water partition coefficient (Wildman–Crippen LogP) is 6.33. The molecule has 1 fully saturated rings. The van der Waals surface area contributed by atoms with Gasteiger partial charge in [0.15, 0.2) is 0 Å². The number of aryl methyl sites for hydroxylation is 2. The van der Waals surface area contributed by atoms with Crippen molar-refractivity contribution in [1.29, 1.82) is 0 Å². The molecule has 2 nitrogen and oxygen atoms in total. The zero-order valence-corrected chi connectivity index (χ0v) is 18.0. The molecular weight excluding hydrogens is 340 g/mol. The molecule has 0 spiro atoms. The van der Waals surface area contributed by atoms with E-state index in [1.807, 2.05) is 0 Å². The number of hydrogen-bond donors (Lipinski definition) is 1. The summed E-state index contributed by atoms with van der Waals surface area (Å²) >= 11 is 0. The molecule has 1 saturated carbocycles. The zero-order chi connectivity index (χ0) is 20.1. The van der Waals surface area contributed by atoms with Crippen molar-refractivity contribution in [3.8, 4) is 0 Å². The standard InChI is InChI=1S/C26H38N2/c1-5-25(28-20(3)22-15-16-22)12-8-9-19(2)26(4,27)18-21-13-14-23-10-6-7-11-24(23)17-21/h13-14,17,22H,2-3,5-12,15-16,18,27H2,1,4H3/b28-25+. The van der Waals surface area contributed by atoms with Gasteiger partial charge in [0.1, 0.15) is 0 Å². The first-order valence-electron chi connectivity index (χ1n) is 11.2. The van der Waals surface area contributed by atoms with E-state index >= 15 is 0 Å². The molecule has 0 radical (unpaired) electrons. The molecule has 1 unspecified atom stereocenters. The van der Waals surface area contributed by atoms with Crippen molar-refractivity contribution in [2.24, 2.45) is 16.6 Å². The number of aliphatic imine (C=N–C) groups is 1. The molecule has 2 heteroatoms. The third-order valence-corrected chi connectivity index (χ3v) is 6.49. The van der Waals surface area contributed by atoms with Gasteiger partial charge in [0.2, 0.25) is 0 Å². The summed E-state index contributed by atoms with van der Waals surface area (Å²) in [6.07, 6.45) is 12.6. The number of nitrogens with two attached hydrogens (primary N) is 1. The Morgan fingerprint density at radius 2 is 1.86 bits per heavy atom. The van der Waals surface area contributed by atoms with Crippen molar-refractivity contribution in [3.05, 3.63) is 59.3 Å². The molecule has 0 aliphatic heterocycles. The van der Waals surface area contributed by atoms with Crippen LogP contribution >= 0.6 is 0 Å². The summed E-state index contributed by atoms with van der Waals surface area (Å²) in [5, 5.41) is 0. The summed E-state index contributed by atoms with van der Waals surface area (Å²) in [6, 6.07) is 6.98. The van der Waals surface area contributed by atoms with Crippen molar-refractivity contribution >= 4 is 5.71 Å². The molecule has 2 N–H and O–H groups in total. The van der Waals surface area contributed by atoms with Gasteiger partial charge in [-0.2, -0.15) is 0 Å². The largest absolute Gasteiger partial charge is 0.322 e. The molecule has 2 aliphatic carbocycles. The van der Waals surface area contributed by atoms with Crippen molar-refractivity contribution in [1.82, 2.24) is 0 Å². The predicted molar refractivity (Wildman–Crippen MR) is 122 cm³/mol. The van der Waals surface area contributed by atoms with E-state index in [4.69, 9.17) is 10.7 Å². The second-order valence-electron chi connectivity index (χ2n) is 9.16. The molecule has 2 aliphatic rings. The van der Waals surface area contributed by atoms with Crippen LogP contribution in [0, 0.1) is 5.92 Å². The molecule has 28 heavy (non-hydrogen) atoms. The molecule has 1 aromatic rings. The Hall–Kier alpha value is -1.67. The van der Waals surface area contributed by atoms with Crippen molar-refractivity contribution < 1.29 is 0 Å². The first-order valence-corrected chi connectivity index (χ1v) is 11.2. The molecule has 1 aromatic carbocycles. The van der Waals surface area contributed by atoms with Gasteiger partial charge >= 0.3 is 0 Å². The number of nitrogens with zero attached hydrogens (tertiary/aromatic N) is 1. The topological polar surface area (TPSA) is 38.4 Å². The van der Waals surface area contributed by atoms with Crippen LogP contribution in [0.15, 0.2) is 47.6 Å². The fraction of sp³-hybridized carbons (Fsp3) is 0.577. The molecule has 0 saturated heterocycles. The van der Waals surface area contributed by atoms with E-state index in [2.05, 4.69) is 45.2 Å². The lowest BCUT2D eigenvalue weighted by atomic mass is 9.82. The van der Waals surface area contributed by atoms with Gasteiger partial charge < -0.3 is 5.73 Å². The van der Waals surface area contributed by atoms with E-state index in [0.29, 0.717) is 5.92 Å². The number of benzene rings is 1. The van der Waals surface area contributed by atoms with Crippen LogP contribution in [0.2, 0.25) is 0 Å². The molecule has 0 heterocycles. The molecule has 0 bridgehead atoms. The van der Waals surface area contributed by atoms with Crippen LogP contribution in [0.3, 0.4) is 0 Å². The Bertz CT molecular complexity index is 750. The minimum Gasteiger partial charge on any atom is -0.322 e. The number of hydrogen-bond acceptors (Lipinski definition) is 2. The highest BCUT2D eigenvalue weighted by Gasteiger charge is 2.25. The highest BCUT2D eigenvalue weighted by Crippen LogP contribution is 2.36. The van der Waals surface area contributed by atoms with Crippen LogP contribution < -0.4 is 5.73 Å². The Kier molecular flexibility index (Phi) is 6.93. The SMILES string of the molecule is C=C(/N=C(\CC)CCCC(=C)C(C)(N)Cc1ccc2c(c1)CCCC2)C1CC1. The monoisotopic (exact) mass is 378 g/mol. The quantitative estimate of drug-likeness (QED) is 0.375. The summed E-state index contributed by atoms with van der Waals surface area (Å²) in [5.41, 5.74) is 14.3. The molecule has 0 aromatic heterocycles. The van der Waals surface area contributed by atoms with E-state index in [1.54, 1.807) is 0 Å². The summed E-state index contributed by atoms with van der Waals surface area (Å²) in [6.45, 7) is 12.8. The van der Waals surface area contributed by atoms with E-state index in [1.165, 1.54) is 60.9 Å². The number of rotatable bonds is 10. The lowest BCUT2D eigenvalue weighted by Crippen LogP contribution is -2.40. The van der Waals surface area contributed by atoms with Crippen LogP contribution in [0.4, 0.5) is 0 Å². The Morgan fingerprint density at radius 1 is 1.14 bits per heavy atom.